The Kier molecular flexibility index (Phi) is 4.43. The van der Waals surface area contributed by atoms with Gasteiger partial charge in [-0.3, -0.25) is 0 Å². The van der Waals surface area contributed by atoms with Crippen LogP contribution in [0.2, 0.25) is 0 Å². The molecule has 0 saturated carbocycles. The van der Waals surface area contributed by atoms with Crippen LogP contribution in [0.15, 0.2) is 30.3 Å². The molecule has 0 heterocycles. The van der Waals surface area contributed by atoms with E-state index in [4.69, 9.17) is 10.00 Å². The van der Waals surface area contributed by atoms with Gasteiger partial charge in [-0.15, -0.1) is 0 Å². The summed E-state index contributed by atoms with van der Waals surface area (Å²) in [5.74, 6) is 0.850. The summed E-state index contributed by atoms with van der Waals surface area (Å²) in [6, 6.07) is 10.0. The Balaban J connectivity index is 3.12. The summed E-state index contributed by atoms with van der Waals surface area (Å²) in [5.41, 5.74) is 2.03. The highest BCUT2D eigenvalue weighted by Gasteiger charge is 2.06. The van der Waals surface area contributed by atoms with E-state index in [2.05, 4.69) is 13.0 Å². The van der Waals surface area contributed by atoms with Gasteiger partial charge in [0.1, 0.15) is 5.76 Å². The smallest absolute Gasteiger partial charge is 0.122 e. The van der Waals surface area contributed by atoms with Gasteiger partial charge in [-0.05, 0) is 18.1 Å². The fourth-order valence-electron chi connectivity index (χ4n) is 1.49. The van der Waals surface area contributed by atoms with E-state index in [0.717, 1.165) is 23.3 Å². The van der Waals surface area contributed by atoms with Crippen molar-refractivity contribution < 1.29 is 4.74 Å². The highest BCUT2D eigenvalue weighted by Crippen LogP contribution is 2.20. The van der Waals surface area contributed by atoms with Crippen molar-refractivity contribution in [2.45, 2.75) is 19.8 Å². The zero-order valence-corrected chi connectivity index (χ0v) is 9.16. The van der Waals surface area contributed by atoms with Crippen LogP contribution in [0.1, 0.15) is 24.5 Å². The summed E-state index contributed by atoms with van der Waals surface area (Å²) in [4.78, 5) is 0. The molecule has 0 N–H and O–H groups in total. The fraction of sp³-hybridized carbons (Fsp3) is 0.308. The molecule has 0 aliphatic rings. The summed E-state index contributed by atoms with van der Waals surface area (Å²) in [6.07, 6.45) is 3.36. The molecule has 78 valence electrons. The van der Waals surface area contributed by atoms with Crippen LogP contribution >= 0.6 is 0 Å². The predicted octanol–water partition coefficient (Wildman–Crippen LogP) is 3.15. The van der Waals surface area contributed by atoms with Crippen molar-refractivity contribution in [3.8, 4) is 6.07 Å². The van der Waals surface area contributed by atoms with E-state index in [-0.39, 0.29) is 0 Å². The minimum absolute atomic E-state index is 0.417. The molecule has 0 aromatic heterocycles. The molecule has 1 aromatic rings. The molecule has 1 aromatic carbocycles. The van der Waals surface area contributed by atoms with E-state index < -0.39 is 0 Å². The third-order valence-corrected chi connectivity index (χ3v) is 2.16. The monoisotopic (exact) mass is 201 g/mol. The standard InChI is InChI=1S/C13H15NO/c1-3-6-13(15-2)12-8-5-4-7-11(12)9-10-14/h4-8H,3,9H2,1-2H3/b13-6+. The summed E-state index contributed by atoms with van der Waals surface area (Å²) >= 11 is 0. The first kappa shape index (κ1) is 11.3. The number of hydrogen-bond acceptors (Lipinski definition) is 2. The van der Waals surface area contributed by atoms with E-state index >= 15 is 0 Å². The maximum absolute atomic E-state index is 8.72. The highest BCUT2D eigenvalue weighted by atomic mass is 16.5. The molecule has 0 aliphatic heterocycles. The van der Waals surface area contributed by atoms with Crippen LogP contribution in [0.25, 0.3) is 5.76 Å². The van der Waals surface area contributed by atoms with Crippen molar-refractivity contribution in [2.24, 2.45) is 0 Å². The number of hydrogen-bond donors (Lipinski definition) is 0. The lowest BCUT2D eigenvalue weighted by atomic mass is 10.0. The minimum atomic E-state index is 0.417. The first-order valence-corrected chi connectivity index (χ1v) is 5.02. The van der Waals surface area contributed by atoms with Gasteiger partial charge in [0.05, 0.1) is 19.6 Å². The van der Waals surface area contributed by atoms with E-state index in [9.17, 15) is 0 Å². The van der Waals surface area contributed by atoms with Crippen LogP contribution in [-0.4, -0.2) is 7.11 Å². The van der Waals surface area contributed by atoms with Crippen LogP contribution in [0.5, 0.6) is 0 Å². The Morgan fingerprint density at radius 2 is 2.20 bits per heavy atom. The van der Waals surface area contributed by atoms with Gasteiger partial charge in [0, 0.05) is 5.56 Å². The number of ether oxygens (including phenoxy) is 1. The average Bonchev–Trinajstić information content (AvgIpc) is 2.27. The Labute approximate surface area is 90.8 Å². The average molecular weight is 201 g/mol. The molecule has 1 rings (SSSR count). The van der Waals surface area contributed by atoms with Crippen molar-refractivity contribution in [1.82, 2.24) is 0 Å². The molecule has 0 unspecified atom stereocenters. The number of benzene rings is 1. The second-order valence-electron chi connectivity index (χ2n) is 3.17. The first-order valence-electron chi connectivity index (χ1n) is 5.02. The van der Waals surface area contributed by atoms with Crippen molar-refractivity contribution in [3.05, 3.63) is 41.5 Å². The molecule has 0 bridgehead atoms. The van der Waals surface area contributed by atoms with Crippen molar-refractivity contribution in [2.75, 3.05) is 7.11 Å². The van der Waals surface area contributed by atoms with E-state index in [0.29, 0.717) is 6.42 Å². The molecule has 0 amide bonds. The summed E-state index contributed by atoms with van der Waals surface area (Å²) in [5, 5.41) is 8.72. The minimum Gasteiger partial charge on any atom is -0.496 e. The number of rotatable bonds is 4. The number of allylic oxidation sites excluding steroid dienone is 1. The molecular weight excluding hydrogens is 186 g/mol. The predicted molar refractivity (Wildman–Crippen MR) is 61.0 cm³/mol. The second kappa shape index (κ2) is 5.87. The Hall–Kier alpha value is -1.75. The topological polar surface area (TPSA) is 33.0 Å². The number of methoxy groups -OCH3 is 1. The lowest BCUT2D eigenvalue weighted by Crippen LogP contribution is -1.94. The molecule has 2 heteroatoms. The van der Waals surface area contributed by atoms with Gasteiger partial charge in [0.25, 0.3) is 0 Å². The van der Waals surface area contributed by atoms with E-state index in [1.54, 1.807) is 7.11 Å². The number of nitrogens with zero attached hydrogens (tertiary/aromatic N) is 1. The van der Waals surface area contributed by atoms with Crippen LogP contribution < -0.4 is 0 Å². The quantitative estimate of drug-likeness (QED) is 0.701. The Morgan fingerprint density at radius 1 is 1.47 bits per heavy atom. The maximum Gasteiger partial charge on any atom is 0.122 e. The normalized spacial score (nSPS) is 10.9. The van der Waals surface area contributed by atoms with E-state index in [1.807, 2.05) is 30.3 Å². The van der Waals surface area contributed by atoms with Crippen LogP contribution in [-0.2, 0) is 11.2 Å². The molecule has 0 atom stereocenters. The van der Waals surface area contributed by atoms with Gasteiger partial charge in [0.2, 0.25) is 0 Å². The summed E-state index contributed by atoms with van der Waals surface area (Å²) in [7, 11) is 1.66. The third kappa shape index (κ3) is 2.85. The Morgan fingerprint density at radius 3 is 2.80 bits per heavy atom. The first-order chi connectivity index (χ1) is 7.33. The molecule has 2 nitrogen and oxygen atoms in total. The van der Waals surface area contributed by atoms with Crippen molar-refractivity contribution in [3.63, 3.8) is 0 Å². The van der Waals surface area contributed by atoms with Gasteiger partial charge >= 0.3 is 0 Å². The molecule has 0 radical (unpaired) electrons. The third-order valence-electron chi connectivity index (χ3n) is 2.16. The second-order valence-corrected chi connectivity index (χ2v) is 3.17. The van der Waals surface area contributed by atoms with Crippen molar-refractivity contribution >= 4 is 5.76 Å². The summed E-state index contributed by atoms with van der Waals surface area (Å²) in [6.45, 7) is 2.06. The lowest BCUT2D eigenvalue weighted by molar-refractivity contribution is 0.368. The molecule has 0 spiro atoms. The van der Waals surface area contributed by atoms with Crippen LogP contribution in [0.3, 0.4) is 0 Å². The van der Waals surface area contributed by atoms with Gasteiger partial charge in [-0.2, -0.15) is 5.26 Å². The van der Waals surface area contributed by atoms with Crippen LogP contribution in [0.4, 0.5) is 0 Å². The highest BCUT2D eigenvalue weighted by molar-refractivity contribution is 5.63. The molecule has 15 heavy (non-hydrogen) atoms. The number of nitriles is 1. The molecule has 0 aliphatic carbocycles. The van der Waals surface area contributed by atoms with E-state index in [1.165, 1.54) is 0 Å². The van der Waals surface area contributed by atoms with Gasteiger partial charge < -0.3 is 4.74 Å². The molecule has 0 fully saturated rings. The lowest BCUT2D eigenvalue weighted by Gasteiger charge is -2.09. The molecular formula is C13H15NO. The largest absolute Gasteiger partial charge is 0.496 e. The summed E-state index contributed by atoms with van der Waals surface area (Å²) < 4.78 is 5.32. The van der Waals surface area contributed by atoms with Gasteiger partial charge in [0.15, 0.2) is 0 Å². The van der Waals surface area contributed by atoms with Crippen LogP contribution in [0, 0.1) is 11.3 Å². The zero-order chi connectivity index (χ0) is 11.1. The van der Waals surface area contributed by atoms with Gasteiger partial charge in [-0.1, -0.05) is 31.2 Å². The van der Waals surface area contributed by atoms with Crippen molar-refractivity contribution in [1.29, 1.82) is 5.26 Å². The fourth-order valence-corrected chi connectivity index (χ4v) is 1.49. The zero-order valence-electron chi connectivity index (χ0n) is 9.16. The Bertz CT molecular complexity index is 388. The van der Waals surface area contributed by atoms with Gasteiger partial charge in [-0.25, -0.2) is 0 Å². The SMILES string of the molecule is CC/C=C(/OC)c1ccccc1CC#N. The molecule has 0 saturated heterocycles. The maximum atomic E-state index is 8.72.